The summed E-state index contributed by atoms with van der Waals surface area (Å²) in [4.78, 5) is 28.5. The zero-order valence-electron chi connectivity index (χ0n) is 17.8. The fourth-order valence-electron chi connectivity index (χ4n) is 3.27. The fraction of sp³-hybridized carbons (Fsp3) is 0.391. The molecule has 0 saturated carbocycles. The topological polar surface area (TPSA) is 71.1 Å². The number of carbonyl (C=O) groups is 2. The molecule has 2 amide bonds. The first-order valence-electron chi connectivity index (χ1n) is 10.2. The van der Waals surface area contributed by atoms with Crippen LogP contribution < -0.4 is 19.7 Å². The lowest BCUT2D eigenvalue weighted by atomic mass is 10.2. The van der Waals surface area contributed by atoms with Crippen molar-refractivity contribution >= 4 is 23.2 Å². The van der Waals surface area contributed by atoms with Gasteiger partial charge in [0.2, 0.25) is 0 Å². The van der Waals surface area contributed by atoms with E-state index in [-0.39, 0.29) is 25.0 Å². The van der Waals surface area contributed by atoms with E-state index in [4.69, 9.17) is 9.47 Å². The van der Waals surface area contributed by atoms with Crippen molar-refractivity contribution in [3.8, 4) is 11.5 Å². The average Bonchev–Trinajstić information content (AvgIpc) is 2.74. The van der Waals surface area contributed by atoms with Crippen molar-refractivity contribution in [1.29, 1.82) is 0 Å². The minimum absolute atomic E-state index is 0.0331. The second-order valence-corrected chi connectivity index (χ2v) is 7.51. The summed E-state index contributed by atoms with van der Waals surface area (Å²) in [7, 11) is 4.01. The van der Waals surface area contributed by atoms with Crippen molar-refractivity contribution < 1.29 is 19.1 Å². The van der Waals surface area contributed by atoms with Crippen LogP contribution in [-0.2, 0) is 16.0 Å². The maximum absolute atomic E-state index is 12.4. The smallest absolute Gasteiger partial charge is 0.265 e. The molecule has 7 heteroatoms. The van der Waals surface area contributed by atoms with Gasteiger partial charge in [-0.1, -0.05) is 19.1 Å². The van der Waals surface area contributed by atoms with E-state index in [1.807, 2.05) is 38.4 Å². The molecule has 0 atom stereocenters. The predicted molar refractivity (Wildman–Crippen MR) is 117 cm³/mol. The van der Waals surface area contributed by atoms with Crippen LogP contribution in [0.2, 0.25) is 0 Å². The summed E-state index contributed by atoms with van der Waals surface area (Å²) in [5.41, 5.74) is 2.43. The van der Waals surface area contributed by atoms with Crippen molar-refractivity contribution in [2.24, 2.45) is 0 Å². The van der Waals surface area contributed by atoms with Crippen LogP contribution in [0.1, 0.15) is 18.9 Å². The number of hydrogen-bond acceptors (Lipinski definition) is 5. The fourth-order valence-corrected chi connectivity index (χ4v) is 3.27. The third-order valence-electron chi connectivity index (χ3n) is 4.85. The van der Waals surface area contributed by atoms with Gasteiger partial charge in [-0.05, 0) is 69.4 Å². The molecule has 1 aliphatic heterocycles. The number of rotatable bonds is 9. The minimum atomic E-state index is -0.265. The Morgan fingerprint density at radius 3 is 2.83 bits per heavy atom. The summed E-state index contributed by atoms with van der Waals surface area (Å²) in [6.45, 7) is 3.49. The van der Waals surface area contributed by atoms with Gasteiger partial charge in [-0.2, -0.15) is 0 Å². The third-order valence-corrected chi connectivity index (χ3v) is 4.85. The molecule has 2 aromatic carbocycles. The van der Waals surface area contributed by atoms with Crippen molar-refractivity contribution in [3.63, 3.8) is 0 Å². The first kappa shape index (κ1) is 21.6. The van der Waals surface area contributed by atoms with Crippen LogP contribution in [-0.4, -0.2) is 57.1 Å². The van der Waals surface area contributed by atoms with E-state index in [0.29, 0.717) is 29.4 Å². The van der Waals surface area contributed by atoms with Crippen LogP contribution in [0.15, 0.2) is 42.5 Å². The Labute approximate surface area is 177 Å². The Morgan fingerprint density at radius 2 is 2.07 bits per heavy atom. The number of amides is 2. The molecule has 1 heterocycles. The number of carbonyl (C=O) groups excluding carboxylic acids is 2. The highest BCUT2D eigenvalue weighted by atomic mass is 16.5. The normalized spacial score (nSPS) is 13.1. The molecule has 30 heavy (non-hydrogen) atoms. The first-order chi connectivity index (χ1) is 14.5. The van der Waals surface area contributed by atoms with Gasteiger partial charge in [0.05, 0.1) is 5.69 Å². The molecule has 0 bridgehead atoms. The molecule has 0 unspecified atom stereocenters. The maximum Gasteiger partial charge on any atom is 0.265 e. The van der Waals surface area contributed by atoms with Gasteiger partial charge >= 0.3 is 0 Å². The average molecular weight is 412 g/mol. The van der Waals surface area contributed by atoms with Crippen LogP contribution in [0.5, 0.6) is 11.5 Å². The quantitative estimate of drug-likeness (QED) is 0.687. The van der Waals surface area contributed by atoms with Crippen LogP contribution in [0, 0.1) is 0 Å². The van der Waals surface area contributed by atoms with Crippen LogP contribution in [0.4, 0.5) is 11.4 Å². The summed E-state index contributed by atoms with van der Waals surface area (Å²) in [6.07, 6.45) is 1.75. The SMILES string of the molecule is CCc1cccc(OCC(=O)Nc2ccc3c(c2)N(CCCN(C)C)C(=O)CO3)c1. The van der Waals surface area contributed by atoms with Crippen LogP contribution >= 0.6 is 0 Å². The molecule has 160 valence electrons. The molecule has 0 saturated heterocycles. The second-order valence-electron chi connectivity index (χ2n) is 7.51. The van der Waals surface area contributed by atoms with Gasteiger partial charge in [0.25, 0.3) is 11.8 Å². The number of ether oxygens (including phenoxy) is 2. The summed E-state index contributed by atoms with van der Waals surface area (Å²) in [6, 6.07) is 13.0. The number of nitrogens with zero attached hydrogens (tertiary/aromatic N) is 2. The molecule has 0 fully saturated rings. The molecule has 0 radical (unpaired) electrons. The van der Waals surface area contributed by atoms with Crippen LogP contribution in [0.25, 0.3) is 0 Å². The lowest BCUT2D eigenvalue weighted by Gasteiger charge is -2.30. The highest BCUT2D eigenvalue weighted by molar-refractivity contribution is 5.99. The number of benzene rings is 2. The summed E-state index contributed by atoms with van der Waals surface area (Å²) >= 11 is 0. The van der Waals surface area contributed by atoms with Gasteiger partial charge < -0.3 is 24.6 Å². The molecule has 0 aromatic heterocycles. The molecular formula is C23H29N3O4. The lowest BCUT2D eigenvalue weighted by molar-refractivity contribution is -0.121. The van der Waals surface area contributed by atoms with Crippen molar-refractivity contribution in [3.05, 3.63) is 48.0 Å². The lowest BCUT2D eigenvalue weighted by Crippen LogP contribution is -2.40. The van der Waals surface area contributed by atoms with Gasteiger partial charge in [-0.15, -0.1) is 0 Å². The minimum Gasteiger partial charge on any atom is -0.484 e. The van der Waals surface area contributed by atoms with Gasteiger partial charge in [-0.3, -0.25) is 9.59 Å². The van der Waals surface area contributed by atoms with E-state index in [0.717, 1.165) is 24.9 Å². The number of nitrogens with one attached hydrogen (secondary N) is 1. The van der Waals surface area contributed by atoms with Gasteiger partial charge in [0.1, 0.15) is 11.5 Å². The molecule has 0 aliphatic carbocycles. The molecule has 3 rings (SSSR count). The third kappa shape index (κ3) is 5.73. The Kier molecular flexibility index (Phi) is 7.30. The van der Waals surface area contributed by atoms with Crippen molar-refractivity contribution in [2.45, 2.75) is 19.8 Å². The number of fused-ring (bicyclic) bond motifs is 1. The molecule has 2 aromatic rings. The zero-order valence-corrected chi connectivity index (χ0v) is 17.8. The first-order valence-corrected chi connectivity index (χ1v) is 10.2. The van der Waals surface area contributed by atoms with Gasteiger partial charge in [-0.25, -0.2) is 0 Å². The Hall–Kier alpha value is -3.06. The number of anilines is 2. The molecule has 1 N–H and O–H groups in total. The summed E-state index contributed by atoms with van der Waals surface area (Å²) in [5, 5.41) is 2.83. The number of hydrogen-bond donors (Lipinski definition) is 1. The highest BCUT2D eigenvalue weighted by Crippen LogP contribution is 2.34. The standard InChI is InChI=1S/C23H29N3O4/c1-4-17-7-5-8-19(13-17)29-15-22(27)24-18-9-10-21-20(14-18)26(23(28)16-30-21)12-6-11-25(2)3/h5,7-10,13-14H,4,6,11-12,15-16H2,1-3H3,(H,24,27). The van der Waals surface area contributed by atoms with E-state index in [1.165, 1.54) is 0 Å². The monoisotopic (exact) mass is 411 g/mol. The number of aryl methyl sites for hydroxylation is 1. The van der Waals surface area contributed by atoms with Gasteiger partial charge in [0, 0.05) is 12.2 Å². The molecule has 1 aliphatic rings. The van der Waals surface area contributed by atoms with E-state index < -0.39 is 0 Å². The van der Waals surface area contributed by atoms with Crippen molar-refractivity contribution in [2.75, 3.05) is 50.6 Å². The predicted octanol–water partition coefficient (Wildman–Crippen LogP) is 2.94. The largest absolute Gasteiger partial charge is 0.484 e. The van der Waals surface area contributed by atoms with E-state index in [9.17, 15) is 9.59 Å². The Bertz CT molecular complexity index is 898. The van der Waals surface area contributed by atoms with E-state index >= 15 is 0 Å². The summed E-state index contributed by atoms with van der Waals surface area (Å²) < 4.78 is 11.1. The Morgan fingerprint density at radius 1 is 1.23 bits per heavy atom. The van der Waals surface area contributed by atoms with Gasteiger partial charge in [0.15, 0.2) is 13.2 Å². The molecular weight excluding hydrogens is 382 g/mol. The zero-order chi connectivity index (χ0) is 21.5. The summed E-state index contributed by atoms with van der Waals surface area (Å²) in [5.74, 6) is 0.967. The molecule has 0 spiro atoms. The second kappa shape index (κ2) is 10.1. The Balaban J connectivity index is 1.63. The van der Waals surface area contributed by atoms with E-state index in [2.05, 4.69) is 17.1 Å². The maximum atomic E-state index is 12.4. The highest BCUT2D eigenvalue weighted by Gasteiger charge is 2.25. The van der Waals surface area contributed by atoms with Crippen molar-refractivity contribution in [1.82, 2.24) is 4.90 Å². The van der Waals surface area contributed by atoms with Crippen LogP contribution in [0.3, 0.4) is 0 Å². The molecule has 7 nitrogen and oxygen atoms in total. The van der Waals surface area contributed by atoms with E-state index in [1.54, 1.807) is 23.1 Å².